The van der Waals surface area contributed by atoms with E-state index in [9.17, 15) is 40.7 Å². The van der Waals surface area contributed by atoms with Crippen molar-refractivity contribution in [3.63, 3.8) is 0 Å². The Kier molecular flexibility index (Phi) is 9.13. The lowest BCUT2D eigenvalue weighted by Crippen LogP contribution is -2.48. The minimum absolute atomic E-state index is 0.00889. The fourth-order valence-electron chi connectivity index (χ4n) is 4.06. The SMILES string of the molecule is CCN1C(=O)NC(c2cccc(NC(=O)c3cc(C(F)(F)F)cc(C(F)(F)F)c3)c2)C(C(=O)OCCOC)=C1C. The monoisotopic (exact) mass is 573 g/mol. The van der Waals surface area contributed by atoms with E-state index in [-0.39, 0.29) is 37.1 Å². The van der Waals surface area contributed by atoms with Crippen LogP contribution in [0.5, 0.6) is 0 Å². The molecule has 0 aliphatic carbocycles. The van der Waals surface area contributed by atoms with Crippen molar-refractivity contribution in [2.75, 3.05) is 32.2 Å². The van der Waals surface area contributed by atoms with Crippen LogP contribution in [0.25, 0.3) is 0 Å². The van der Waals surface area contributed by atoms with Crippen molar-refractivity contribution >= 4 is 23.6 Å². The summed E-state index contributed by atoms with van der Waals surface area (Å²) in [7, 11) is 1.42. The Morgan fingerprint density at radius 3 is 2.17 bits per heavy atom. The van der Waals surface area contributed by atoms with Gasteiger partial charge in [-0.15, -0.1) is 0 Å². The molecule has 14 heteroatoms. The summed E-state index contributed by atoms with van der Waals surface area (Å²) < 4.78 is 89.4. The second kappa shape index (κ2) is 12.0. The molecule has 0 saturated carbocycles. The van der Waals surface area contributed by atoms with Crippen LogP contribution in [0.4, 0.5) is 36.8 Å². The molecule has 2 N–H and O–H groups in total. The van der Waals surface area contributed by atoms with Crippen LogP contribution < -0.4 is 10.6 Å². The fraction of sp³-hybridized carbons (Fsp3) is 0.346. The van der Waals surface area contributed by atoms with Crippen LogP contribution in [0.3, 0.4) is 0 Å². The Bertz CT molecular complexity index is 1290. The van der Waals surface area contributed by atoms with Crippen LogP contribution in [0.2, 0.25) is 0 Å². The number of carbonyl (C=O) groups excluding carboxylic acids is 3. The number of benzene rings is 2. The molecule has 0 spiro atoms. The van der Waals surface area contributed by atoms with Crippen LogP contribution in [0, 0.1) is 0 Å². The number of hydrogen-bond acceptors (Lipinski definition) is 5. The average Bonchev–Trinajstić information content (AvgIpc) is 2.87. The van der Waals surface area contributed by atoms with Crippen molar-refractivity contribution in [1.29, 1.82) is 0 Å². The quantitative estimate of drug-likeness (QED) is 0.246. The Balaban J connectivity index is 1.96. The lowest BCUT2D eigenvalue weighted by Gasteiger charge is -2.35. The molecule has 3 amide bonds. The smallest absolute Gasteiger partial charge is 0.416 e. The highest BCUT2D eigenvalue weighted by Crippen LogP contribution is 2.37. The van der Waals surface area contributed by atoms with Gasteiger partial charge in [0, 0.05) is 30.6 Å². The van der Waals surface area contributed by atoms with E-state index in [2.05, 4.69) is 10.6 Å². The highest BCUT2D eigenvalue weighted by atomic mass is 19.4. The molecular formula is C26H25F6N3O5. The number of anilines is 1. The number of methoxy groups -OCH3 is 1. The molecule has 8 nitrogen and oxygen atoms in total. The molecular weight excluding hydrogens is 548 g/mol. The van der Waals surface area contributed by atoms with E-state index in [4.69, 9.17) is 9.47 Å². The van der Waals surface area contributed by atoms with E-state index in [0.717, 1.165) is 0 Å². The van der Waals surface area contributed by atoms with Gasteiger partial charge in [0.05, 0.1) is 29.3 Å². The molecule has 0 bridgehead atoms. The van der Waals surface area contributed by atoms with Gasteiger partial charge in [-0.2, -0.15) is 26.3 Å². The van der Waals surface area contributed by atoms with E-state index >= 15 is 0 Å². The molecule has 2 aromatic rings. The first-order valence-corrected chi connectivity index (χ1v) is 11.8. The number of allylic oxidation sites excluding steroid dienone is 1. The molecule has 216 valence electrons. The Labute approximate surface area is 224 Å². The highest BCUT2D eigenvalue weighted by Gasteiger charge is 2.38. The van der Waals surface area contributed by atoms with E-state index < -0.39 is 53.0 Å². The first-order valence-electron chi connectivity index (χ1n) is 11.8. The molecule has 0 fully saturated rings. The number of urea groups is 1. The maximum atomic E-state index is 13.2. The van der Waals surface area contributed by atoms with Gasteiger partial charge in [0.2, 0.25) is 0 Å². The number of nitrogens with zero attached hydrogens (tertiary/aromatic N) is 1. The summed E-state index contributed by atoms with van der Waals surface area (Å²) in [5, 5.41) is 4.96. The van der Waals surface area contributed by atoms with Crippen molar-refractivity contribution in [3.8, 4) is 0 Å². The largest absolute Gasteiger partial charge is 0.460 e. The van der Waals surface area contributed by atoms with Crippen LogP contribution in [0.1, 0.15) is 46.9 Å². The maximum absolute atomic E-state index is 13.2. The van der Waals surface area contributed by atoms with E-state index in [0.29, 0.717) is 23.4 Å². The average molecular weight is 573 g/mol. The standard InChI is InChI=1S/C26H25F6N3O5/c1-4-35-14(2)20(23(37)40-9-8-39-3)21(34-24(35)38)15-6-5-7-19(12-15)33-22(36)16-10-17(25(27,28)29)13-18(11-16)26(30,31)32/h5-7,10-13,21H,4,8-9H2,1-3H3,(H,33,36)(H,34,38). The Morgan fingerprint density at radius 1 is 1.00 bits per heavy atom. The number of hydrogen-bond donors (Lipinski definition) is 2. The van der Waals surface area contributed by atoms with Crippen molar-refractivity contribution in [1.82, 2.24) is 10.2 Å². The summed E-state index contributed by atoms with van der Waals surface area (Å²) in [5.41, 5.74) is -3.45. The molecule has 1 aliphatic rings. The van der Waals surface area contributed by atoms with E-state index in [1.165, 1.54) is 36.3 Å². The Morgan fingerprint density at radius 2 is 1.62 bits per heavy atom. The summed E-state index contributed by atoms with van der Waals surface area (Å²) in [4.78, 5) is 39.7. The third kappa shape index (κ3) is 6.92. The van der Waals surface area contributed by atoms with Gasteiger partial charge < -0.3 is 20.1 Å². The van der Waals surface area contributed by atoms with Crippen molar-refractivity contribution in [2.45, 2.75) is 32.2 Å². The van der Waals surface area contributed by atoms with E-state index in [1.807, 2.05) is 0 Å². The van der Waals surface area contributed by atoms with Gasteiger partial charge in [-0.25, -0.2) is 9.59 Å². The summed E-state index contributed by atoms with van der Waals surface area (Å²) in [6.45, 7) is 3.56. The second-order valence-electron chi connectivity index (χ2n) is 8.63. The molecule has 40 heavy (non-hydrogen) atoms. The zero-order valence-corrected chi connectivity index (χ0v) is 21.5. The zero-order chi connectivity index (χ0) is 29.8. The van der Waals surface area contributed by atoms with Crippen LogP contribution in [-0.4, -0.2) is 49.7 Å². The molecule has 2 aromatic carbocycles. The fourth-order valence-corrected chi connectivity index (χ4v) is 4.06. The van der Waals surface area contributed by atoms with E-state index in [1.54, 1.807) is 13.8 Å². The third-order valence-corrected chi connectivity index (χ3v) is 5.98. The number of amides is 3. The molecule has 0 saturated heterocycles. The number of esters is 1. The molecule has 1 aliphatic heterocycles. The molecule has 0 aromatic heterocycles. The minimum atomic E-state index is -5.12. The van der Waals surface area contributed by atoms with Gasteiger partial charge in [-0.3, -0.25) is 9.69 Å². The van der Waals surface area contributed by atoms with Crippen LogP contribution in [0.15, 0.2) is 53.7 Å². The number of ether oxygens (including phenoxy) is 2. The topological polar surface area (TPSA) is 97.0 Å². The number of carbonyl (C=O) groups is 3. The zero-order valence-electron chi connectivity index (χ0n) is 21.5. The number of rotatable bonds is 8. The summed E-state index contributed by atoms with van der Waals surface area (Å²) in [6.07, 6.45) is -10.2. The van der Waals surface area contributed by atoms with Gasteiger partial charge in [0.15, 0.2) is 0 Å². The van der Waals surface area contributed by atoms with Gasteiger partial charge in [0.1, 0.15) is 6.61 Å². The first-order chi connectivity index (χ1) is 18.7. The predicted molar refractivity (Wildman–Crippen MR) is 130 cm³/mol. The van der Waals surface area contributed by atoms with Gasteiger partial charge in [-0.1, -0.05) is 12.1 Å². The third-order valence-electron chi connectivity index (χ3n) is 5.98. The Hall–Kier alpha value is -4.07. The maximum Gasteiger partial charge on any atom is 0.416 e. The predicted octanol–water partition coefficient (Wildman–Crippen LogP) is 5.53. The summed E-state index contributed by atoms with van der Waals surface area (Å²) >= 11 is 0. The number of halogens is 6. The van der Waals surface area contributed by atoms with Gasteiger partial charge in [-0.05, 0) is 49.7 Å². The molecule has 0 radical (unpaired) electrons. The minimum Gasteiger partial charge on any atom is -0.460 e. The summed E-state index contributed by atoms with van der Waals surface area (Å²) in [5.74, 6) is -1.97. The van der Waals surface area contributed by atoms with Crippen molar-refractivity contribution in [2.24, 2.45) is 0 Å². The lowest BCUT2D eigenvalue weighted by atomic mass is 9.94. The molecule has 3 rings (SSSR count). The first kappa shape index (κ1) is 30.5. The van der Waals surface area contributed by atoms with Crippen molar-refractivity contribution in [3.05, 3.63) is 76.0 Å². The summed E-state index contributed by atoms with van der Waals surface area (Å²) in [6, 6.07) is 4.62. The molecule has 1 heterocycles. The van der Waals surface area contributed by atoms with Crippen LogP contribution in [-0.2, 0) is 26.6 Å². The molecule has 1 unspecified atom stereocenters. The number of nitrogens with one attached hydrogen (secondary N) is 2. The second-order valence-corrected chi connectivity index (χ2v) is 8.63. The highest BCUT2D eigenvalue weighted by molar-refractivity contribution is 6.04. The lowest BCUT2D eigenvalue weighted by molar-refractivity contribution is -0.143. The van der Waals surface area contributed by atoms with Gasteiger partial charge >= 0.3 is 24.4 Å². The van der Waals surface area contributed by atoms with Crippen LogP contribution >= 0.6 is 0 Å². The number of alkyl halides is 6. The van der Waals surface area contributed by atoms with Crippen molar-refractivity contribution < 1.29 is 50.2 Å². The normalized spacial score (nSPS) is 16.1. The van der Waals surface area contributed by atoms with Gasteiger partial charge in [0.25, 0.3) is 5.91 Å². The molecule has 1 atom stereocenters.